The predicted octanol–water partition coefficient (Wildman–Crippen LogP) is 4.22. The standard InChI is InChI=1S/C26H25FN6O2/c1-3-15(18-4-5-20(27)24-19(26(34)28-2)6-7-29-25(18)24)10-31-23-9-21(32-14-33-23)16-8-17-12-35-13-22(17)30-11-16/h4-9,11,14-15H,3,10,12-13H2,1-2H3,(H,28,34)(H,31,32,33). The molecule has 1 atom stereocenters. The van der Waals surface area contributed by atoms with Crippen molar-refractivity contribution in [2.24, 2.45) is 0 Å². The fourth-order valence-electron chi connectivity index (χ4n) is 4.41. The Morgan fingerprint density at radius 1 is 1.14 bits per heavy atom. The number of amides is 1. The van der Waals surface area contributed by atoms with Crippen LogP contribution in [0.5, 0.6) is 0 Å². The zero-order chi connectivity index (χ0) is 24.4. The summed E-state index contributed by atoms with van der Waals surface area (Å²) in [5, 5.41) is 6.19. The molecule has 0 bridgehead atoms. The molecule has 0 spiro atoms. The van der Waals surface area contributed by atoms with Gasteiger partial charge in [0.25, 0.3) is 5.91 Å². The molecule has 35 heavy (non-hydrogen) atoms. The van der Waals surface area contributed by atoms with Crippen molar-refractivity contribution >= 4 is 22.6 Å². The van der Waals surface area contributed by atoms with E-state index in [0.29, 0.717) is 31.1 Å². The molecule has 178 valence electrons. The van der Waals surface area contributed by atoms with Gasteiger partial charge in [0, 0.05) is 54.5 Å². The Labute approximate surface area is 202 Å². The lowest BCUT2D eigenvalue weighted by Crippen LogP contribution is -2.19. The van der Waals surface area contributed by atoms with E-state index in [1.165, 1.54) is 25.5 Å². The molecule has 1 unspecified atom stereocenters. The molecule has 3 aromatic heterocycles. The molecular formula is C26H25FN6O2. The Balaban J connectivity index is 1.41. The largest absolute Gasteiger partial charge is 0.370 e. The van der Waals surface area contributed by atoms with Gasteiger partial charge in [-0.3, -0.25) is 14.8 Å². The first-order chi connectivity index (χ1) is 17.1. The van der Waals surface area contributed by atoms with Crippen LogP contribution < -0.4 is 10.6 Å². The van der Waals surface area contributed by atoms with Gasteiger partial charge in [-0.2, -0.15) is 0 Å². The summed E-state index contributed by atoms with van der Waals surface area (Å²) in [6.45, 7) is 3.72. The first kappa shape index (κ1) is 22.8. The monoisotopic (exact) mass is 472 g/mol. The molecule has 9 heteroatoms. The van der Waals surface area contributed by atoms with E-state index >= 15 is 0 Å². The van der Waals surface area contributed by atoms with Gasteiger partial charge < -0.3 is 15.4 Å². The van der Waals surface area contributed by atoms with E-state index < -0.39 is 5.82 Å². The summed E-state index contributed by atoms with van der Waals surface area (Å²) in [5.74, 6) is -0.119. The highest BCUT2D eigenvalue weighted by Gasteiger charge is 2.20. The summed E-state index contributed by atoms with van der Waals surface area (Å²) in [6, 6.07) is 8.63. The number of anilines is 1. The van der Waals surface area contributed by atoms with E-state index in [1.54, 1.807) is 18.5 Å². The molecule has 0 saturated carbocycles. The van der Waals surface area contributed by atoms with Crippen molar-refractivity contribution in [3.63, 3.8) is 0 Å². The van der Waals surface area contributed by atoms with E-state index in [9.17, 15) is 9.18 Å². The van der Waals surface area contributed by atoms with Crippen molar-refractivity contribution in [3.05, 3.63) is 77.3 Å². The highest BCUT2D eigenvalue weighted by atomic mass is 19.1. The van der Waals surface area contributed by atoms with E-state index in [2.05, 4.69) is 43.6 Å². The van der Waals surface area contributed by atoms with Crippen molar-refractivity contribution in [2.45, 2.75) is 32.5 Å². The number of rotatable bonds is 7. The maximum atomic E-state index is 14.8. The summed E-state index contributed by atoms with van der Waals surface area (Å²) in [6.07, 6.45) is 5.65. The number of carbonyl (C=O) groups is 1. The number of nitrogens with one attached hydrogen (secondary N) is 2. The van der Waals surface area contributed by atoms with E-state index in [4.69, 9.17) is 4.74 Å². The zero-order valence-electron chi connectivity index (χ0n) is 19.5. The summed E-state index contributed by atoms with van der Waals surface area (Å²) >= 11 is 0. The third-order valence-corrected chi connectivity index (χ3v) is 6.33. The second kappa shape index (κ2) is 9.71. The summed E-state index contributed by atoms with van der Waals surface area (Å²) in [5.41, 5.74) is 5.35. The third-order valence-electron chi connectivity index (χ3n) is 6.33. The average Bonchev–Trinajstić information content (AvgIpc) is 3.37. The Bertz CT molecular complexity index is 1410. The Kier molecular flexibility index (Phi) is 6.33. The number of carbonyl (C=O) groups excluding carboxylic acids is 1. The quantitative estimate of drug-likeness (QED) is 0.415. The minimum Gasteiger partial charge on any atom is -0.370 e. The lowest BCUT2D eigenvalue weighted by atomic mass is 9.92. The fraction of sp³-hybridized carbons (Fsp3) is 0.269. The second-order valence-electron chi connectivity index (χ2n) is 8.40. The molecule has 0 saturated heterocycles. The Morgan fingerprint density at radius 3 is 2.86 bits per heavy atom. The summed E-state index contributed by atoms with van der Waals surface area (Å²) in [4.78, 5) is 30.0. The molecule has 2 N–H and O–H groups in total. The second-order valence-corrected chi connectivity index (χ2v) is 8.40. The van der Waals surface area contributed by atoms with Crippen molar-refractivity contribution < 1.29 is 13.9 Å². The van der Waals surface area contributed by atoms with Crippen molar-refractivity contribution in [3.8, 4) is 11.3 Å². The number of aromatic nitrogens is 4. The summed E-state index contributed by atoms with van der Waals surface area (Å²) in [7, 11) is 1.53. The van der Waals surface area contributed by atoms with Gasteiger partial charge >= 0.3 is 0 Å². The molecule has 4 aromatic rings. The van der Waals surface area contributed by atoms with Gasteiger partial charge in [-0.25, -0.2) is 14.4 Å². The zero-order valence-corrected chi connectivity index (χ0v) is 19.5. The number of benzene rings is 1. The minimum absolute atomic E-state index is 0.0164. The molecular weight excluding hydrogens is 447 g/mol. The molecule has 1 aliphatic heterocycles. The number of nitrogens with zero attached hydrogens (tertiary/aromatic N) is 4. The van der Waals surface area contributed by atoms with Crippen LogP contribution in [-0.2, 0) is 18.0 Å². The molecule has 5 rings (SSSR count). The molecule has 1 amide bonds. The highest BCUT2D eigenvalue weighted by molar-refractivity contribution is 6.06. The normalized spacial score (nSPS) is 13.5. The number of fused-ring (bicyclic) bond motifs is 2. The minimum atomic E-state index is -0.466. The van der Waals surface area contributed by atoms with Gasteiger partial charge in [0.1, 0.15) is 18.0 Å². The molecule has 1 aliphatic rings. The van der Waals surface area contributed by atoms with Crippen molar-refractivity contribution in [1.29, 1.82) is 0 Å². The molecule has 8 nitrogen and oxygen atoms in total. The molecule has 0 aliphatic carbocycles. The SMILES string of the molecule is CCC(CNc1cc(-c2cnc3c(c2)COC3)ncn1)c1ccc(F)c2c(C(=O)NC)ccnc12. The maximum absolute atomic E-state index is 14.8. The van der Waals surface area contributed by atoms with Gasteiger partial charge in [0.2, 0.25) is 0 Å². The summed E-state index contributed by atoms with van der Waals surface area (Å²) < 4.78 is 20.2. The van der Waals surface area contributed by atoms with Gasteiger partial charge in [0.15, 0.2) is 0 Å². The fourth-order valence-corrected chi connectivity index (χ4v) is 4.41. The van der Waals surface area contributed by atoms with Crippen molar-refractivity contribution in [2.75, 3.05) is 18.9 Å². The van der Waals surface area contributed by atoms with Gasteiger partial charge in [-0.1, -0.05) is 13.0 Å². The highest BCUT2D eigenvalue weighted by Crippen LogP contribution is 2.31. The Hall–Kier alpha value is -3.98. The van der Waals surface area contributed by atoms with E-state index in [1.807, 2.05) is 6.07 Å². The van der Waals surface area contributed by atoms with E-state index in [-0.39, 0.29) is 22.8 Å². The van der Waals surface area contributed by atoms with Crippen LogP contribution >= 0.6 is 0 Å². The van der Waals surface area contributed by atoms with Crippen molar-refractivity contribution in [1.82, 2.24) is 25.3 Å². The molecule has 0 radical (unpaired) electrons. The molecule has 0 fully saturated rings. The van der Waals surface area contributed by atoms with Crippen LogP contribution in [0.2, 0.25) is 0 Å². The Morgan fingerprint density at radius 2 is 2.03 bits per heavy atom. The van der Waals surface area contributed by atoms with Gasteiger partial charge in [-0.15, -0.1) is 0 Å². The van der Waals surface area contributed by atoms with Crippen LogP contribution in [0.3, 0.4) is 0 Å². The van der Waals surface area contributed by atoms with E-state index in [0.717, 1.165) is 34.5 Å². The van der Waals surface area contributed by atoms with Crippen LogP contribution in [0, 0.1) is 5.82 Å². The van der Waals surface area contributed by atoms with Crippen LogP contribution in [-0.4, -0.2) is 39.4 Å². The van der Waals surface area contributed by atoms with Gasteiger partial charge in [0.05, 0.1) is 35.7 Å². The van der Waals surface area contributed by atoms with Gasteiger partial charge in [-0.05, 0) is 30.2 Å². The van der Waals surface area contributed by atoms with Crippen LogP contribution in [0.4, 0.5) is 10.2 Å². The number of hydrogen-bond donors (Lipinski definition) is 2. The lowest BCUT2D eigenvalue weighted by Gasteiger charge is -2.19. The number of pyridine rings is 2. The third kappa shape index (κ3) is 4.42. The first-order valence-electron chi connectivity index (χ1n) is 11.5. The lowest BCUT2D eigenvalue weighted by molar-refractivity contribution is 0.0964. The van der Waals surface area contributed by atoms with Crippen LogP contribution in [0.15, 0.2) is 49.1 Å². The van der Waals surface area contributed by atoms with Crippen LogP contribution in [0.25, 0.3) is 22.2 Å². The molecule has 1 aromatic carbocycles. The topological polar surface area (TPSA) is 102 Å². The number of ether oxygens (including phenoxy) is 1. The maximum Gasteiger partial charge on any atom is 0.251 e. The van der Waals surface area contributed by atoms with Crippen LogP contribution in [0.1, 0.15) is 46.4 Å². The number of hydrogen-bond acceptors (Lipinski definition) is 7. The number of halogens is 1. The average molecular weight is 473 g/mol. The smallest absolute Gasteiger partial charge is 0.251 e. The predicted molar refractivity (Wildman–Crippen MR) is 130 cm³/mol. The first-order valence-corrected chi connectivity index (χ1v) is 11.5. The molecule has 4 heterocycles.